The van der Waals surface area contributed by atoms with Gasteiger partial charge in [0, 0.05) is 37.4 Å². The Hall–Kier alpha value is -2.41. The molecule has 2 aliphatic rings. The molecule has 0 aliphatic carbocycles. The molecule has 2 aliphatic heterocycles. The summed E-state index contributed by atoms with van der Waals surface area (Å²) in [5, 5.41) is 3.93. The average molecular weight is 342 g/mol. The van der Waals surface area contributed by atoms with Gasteiger partial charge in [-0.25, -0.2) is 0 Å². The fraction of sp³-hybridized carbons (Fsp3) is 0.500. The number of carbonyl (C=O) groups is 1. The summed E-state index contributed by atoms with van der Waals surface area (Å²) in [6.45, 7) is 5.79. The molecule has 4 rings (SSSR count). The van der Waals surface area contributed by atoms with Crippen molar-refractivity contribution in [3.05, 3.63) is 41.5 Å². The zero-order valence-corrected chi connectivity index (χ0v) is 14.4. The van der Waals surface area contributed by atoms with E-state index in [4.69, 9.17) is 9.26 Å². The summed E-state index contributed by atoms with van der Waals surface area (Å²) in [5.41, 5.74) is 1.29. The van der Waals surface area contributed by atoms with E-state index in [1.54, 1.807) is 12.3 Å². The Morgan fingerprint density at radius 3 is 3.12 bits per heavy atom. The van der Waals surface area contributed by atoms with Crippen LogP contribution in [0.15, 0.2) is 28.9 Å². The van der Waals surface area contributed by atoms with Gasteiger partial charge in [0.1, 0.15) is 12.4 Å². The zero-order chi connectivity index (χ0) is 17.2. The number of aryl methyl sites for hydroxylation is 1. The van der Waals surface area contributed by atoms with Crippen molar-refractivity contribution in [1.29, 1.82) is 0 Å². The van der Waals surface area contributed by atoms with Gasteiger partial charge in [-0.05, 0) is 38.4 Å². The van der Waals surface area contributed by atoms with Crippen molar-refractivity contribution in [2.75, 3.05) is 26.2 Å². The number of pyridine rings is 1. The van der Waals surface area contributed by atoms with E-state index < -0.39 is 0 Å². The molecular formula is C18H22N4O3. The lowest BCUT2D eigenvalue weighted by Gasteiger charge is -2.37. The van der Waals surface area contributed by atoms with Crippen LogP contribution in [0.3, 0.4) is 0 Å². The average Bonchev–Trinajstić information content (AvgIpc) is 3.29. The second-order valence-electron chi connectivity index (χ2n) is 6.69. The first-order chi connectivity index (χ1) is 12.2. The molecule has 1 atom stereocenters. The first-order valence-electron chi connectivity index (χ1n) is 8.73. The molecule has 4 heterocycles. The summed E-state index contributed by atoms with van der Waals surface area (Å²) in [6.07, 6.45) is 4.07. The molecule has 0 bridgehead atoms. The molecule has 1 amide bonds. The molecule has 1 unspecified atom stereocenters. The molecule has 2 saturated heterocycles. The molecule has 7 heteroatoms. The van der Waals surface area contributed by atoms with E-state index in [1.165, 1.54) is 12.8 Å². The highest BCUT2D eigenvalue weighted by Crippen LogP contribution is 2.22. The zero-order valence-electron chi connectivity index (χ0n) is 14.4. The third-order valence-corrected chi connectivity index (χ3v) is 4.92. The monoisotopic (exact) mass is 342 g/mol. The molecule has 0 N–H and O–H groups in total. The summed E-state index contributed by atoms with van der Waals surface area (Å²) in [4.78, 5) is 21.2. The molecule has 2 aromatic rings. The summed E-state index contributed by atoms with van der Waals surface area (Å²) >= 11 is 0. The van der Waals surface area contributed by atoms with Crippen molar-refractivity contribution >= 4 is 5.91 Å². The summed E-state index contributed by atoms with van der Waals surface area (Å²) in [6, 6.07) is 5.91. The maximum absolute atomic E-state index is 12.6. The minimum absolute atomic E-state index is 0.0569. The number of aromatic nitrogens is 2. The Kier molecular flexibility index (Phi) is 4.40. The highest BCUT2D eigenvalue weighted by molar-refractivity contribution is 5.92. The number of fused-ring (bicyclic) bond motifs is 1. The SMILES string of the molecule is Cc1ccc(OCc2cc(C(=O)N3CCN4CCCC4C3)no2)cn1. The quantitative estimate of drug-likeness (QED) is 0.845. The number of hydrogen-bond acceptors (Lipinski definition) is 6. The van der Waals surface area contributed by atoms with Gasteiger partial charge in [-0.15, -0.1) is 0 Å². The summed E-state index contributed by atoms with van der Waals surface area (Å²) in [5.74, 6) is 1.13. The van der Waals surface area contributed by atoms with Crippen LogP contribution in [0.25, 0.3) is 0 Å². The van der Waals surface area contributed by atoms with Gasteiger partial charge in [0.05, 0.1) is 6.20 Å². The summed E-state index contributed by atoms with van der Waals surface area (Å²) in [7, 11) is 0. The van der Waals surface area contributed by atoms with Crippen LogP contribution in [-0.2, 0) is 6.61 Å². The van der Waals surface area contributed by atoms with Crippen molar-refractivity contribution in [1.82, 2.24) is 19.9 Å². The van der Waals surface area contributed by atoms with E-state index in [-0.39, 0.29) is 12.5 Å². The first-order valence-corrected chi connectivity index (χ1v) is 8.73. The van der Waals surface area contributed by atoms with Crippen LogP contribution < -0.4 is 4.74 Å². The lowest BCUT2D eigenvalue weighted by molar-refractivity contribution is 0.0561. The van der Waals surface area contributed by atoms with E-state index >= 15 is 0 Å². The van der Waals surface area contributed by atoms with Crippen LogP contribution >= 0.6 is 0 Å². The van der Waals surface area contributed by atoms with Crippen LogP contribution in [0, 0.1) is 6.92 Å². The minimum Gasteiger partial charge on any atom is -0.484 e. The van der Waals surface area contributed by atoms with Crippen LogP contribution in [0.5, 0.6) is 5.75 Å². The molecule has 0 saturated carbocycles. The van der Waals surface area contributed by atoms with E-state index in [9.17, 15) is 4.79 Å². The fourth-order valence-electron chi connectivity index (χ4n) is 3.51. The highest BCUT2D eigenvalue weighted by atomic mass is 16.5. The highest BCUT2D eigenvalue weighted by Gasteiger charge is 2.33. The number of amides is 1. The van der Waals surface area contributed by atoms with Crippen LogP contribution in [-0.4, -0.2) is 58.1 Å². The predicted octanol–water partition coefficient (Wildman–Crippen LogP) is 1.88. The second-order valence-corrected chi connectivity index (χ2v) is 6.69. The van der Waals surface area contributed by atoms with Gasteiger partial charge in [-0.3, -0.25) is 14.7 Å². The van der Waals surface area contributed by atoms with Crippen LogP contribution in [0.2, 0.25) is 0 Å². The molecule has 0 aromatic carbocycles. The predicted molar refractivity (Wildman–Crippen MR) is 90.3 cm³/mol. The Morgan fingerprint density at radius 2 is 2.28 bits per heavy atom. The molecule has 25 heavy (non-hydrogen) atoms. The largest absolute Gasteiger partial charge is 0.484 e. The molecule has 7 nitrogen and oxygen atoms in total. The maximum atomic E-state index is 12.6. The molecule has 0 radical (unpaired) electrons. The van der Waals surface area contributed by atoms with Gasteiger partial charge >= 0.3 is 0 Å². The second kappa shape index (κ2) is 6.84. The first kappa shape index (κ1) is 16.1. The van der Waals surface area contributed by atoms with Crippen molar-refractivity contribution in [2.24, 2.45) is 0 Å². The Morgan fingerprint density at radius 1 is 1.36 bits per heavy atom. The van der Waals surface area contributed by atoms with Gasteiger partial charge in [0.2, 0.25) is 0 Å². The van der Waals surface area contributed by atoms with Crippen LogP contribution in [0.1, 0.15) is 34.8 Å². The van der Waals surface area contributed by atoms with E-state index in [1.807, 2.05) is 24.0 Å². The Bertz CT molecular complexity index is 743. The van der Waals surface area contributed by atoms with E-state index in [0.29, 0.717) is 23.2 Å². The van der Waals surface area contributed by atoms with E-state index in [0.717, 1.165) is 31.9 Å². The molecule has 132 valence electrons. The van der Waals surface area contributed by atoms with Gasteiger partial charge in [-0.2, -0.15) is 0 Å². The smallest absolute Gasteiger partial charge is 0.276 e. The number of piperazine rings is 1. The number of hydrogen-bond donors (Lipinski definition) is 0. The molecule has 2 aromatic heterocycles. The van der Waals surface area contributed by atoms with Crippen molar-refractivity contribution in [3.63, 3.8) is 0 Å². The third kappa shape index (κ3) is 3.51. The minimum atomic E-state index is -0.0569. The normalized spacial score (nSPS) is 20.5. The van der Waals surface area contributed by atoms with Crippen molar-refractivity contribution in [2.45, 2.75) is 32.4 Å². The maximum Gasteiger partial charge on any atom is 0.276 e. The van der Waals surface area contributed by atoms with Gasteiger partial charge in [0.15, 0.2) is 11.5 Å². The van der Waals surface area contributed by atoms with Gasteiger partial charge in [-0.1, -0.05) is 5.16 Å². The molecular weight excluding hydrogens is 320 g/mol. The topological polar surface area (TPSA) is 71.7 Å². The fourth-order valence-corrected chi connectivity index (χ4v) is 3.51. The van der Waals surface area contributed by atoms with E-state index in [2.05, 4.69) is 15.0 Å². The third-order valence-electron chi connectivity index (χ3n) is 4.92. The standard InChI is InChI=1S/C18H22N4O3/c1-13-4-5-15(10-19-13)24-12-16-9-17(20-25-16)18(23)22-8-7-21-6-2-3-14(21)11-22/h4-5,9-10,14H,2-3,6-8,11-12H2,1H3. The van der Waals surface area contributed by atoms with Crippen molar-refractivity contribution in [3.8, 4) is 5.75 Å². The Balaban J connectivity index is 1.35. The number of carbonyl (C=O) groups excluding carboxylic acids is 1. The Labute approximate surface area is 146 Å². The van der Waals surface area contributed by atoms with Gasteiger partial charge < -0.3 is 14.2 Å². The molecule has 2 fully saturated rings. The molecule has 0 spiro atoms. The van der Waals surface area contributed by atoms with Crippen molar-refractivity contribution < 1.29 is 14.1 Å². The lowest BCUT2D eigenvalue weighted by atomic mass is 10.1. The number of nitrogens with zero attached hydrogens (tertiary/aromatic N) is 4. The number of rotatable bonds is 4. The lowest BCUT2D eigenvalue weighted by Crippen LogP contribution is -2.52. The summed E-state index contributed by atoms with van der Waals surface area (Å²) < 4.78 is 10.9. The van der Waals surface area contributed by atoms with Crippen LogP contribution in [0.4, 0.5) is 0 Å². The number of ether oxygens (including phenoxy) is 1. The van der Waals surface area contributed by atoms with Gasteiger partial charge in [0.25, 0.3) is 5.91 Å².